The monoisotopic (exact) mass is 828 g/mol. The van der Waals surface area contributed by atoms with Gasteiger partial charge in [0.05, 0.1) is 22.7 Å². The Kier molecular flexibility index (Phi) is 8.64. The highest BCUT2D eigenvalue weighted by molar-refractivity contribution is 6.28. The summed E-state index contributed by atoms with van der Waals surface area (Å²) in [7, 11) is 0. The van der Waals surface area contributed by atoms with Gasteiger partial charge in [-0.25, -0.2) is 0 Å². The molecule has 310 valence electrons. The van der Waals surface area contributed by atoms with Crippen molar-refractivity contribution in [3.05, 3.63) is 192 Å². The van der Waals surface area contributed by atoms with Crippen molar-refractivity contribution in [2.75, 3.05) is 9.80 Å². The minimum atomic E-state index is 0.420. The molecule has 2 heterocycles. The topological polar surface area (TPSA) is 32.8 Å². The summed E-state index contributed by atoms with van der Waals surface area (Å²) in [5.41, 5.74) is 14.8. The van der Waals surface area contributed by atoms with Crippen molar-refractivity contribution in [3.8, 4) is 0 Å². The average molecular weight is 829 g/mol. The second-order valence-electron chi connectivity index (χ2n) is 18.2. The fraction of sp³-hybridized carbons (Fsp3) is 0.133. The van der Waals surface area contributed by atoms with Crippen LogP contribution < -0.4 is 9.80 Å². The van der Waals surface area contributed by atoms with Crippen LogP contribution in [0.1, 0.15) is 61.8 Å². The standard InChI is InChI=1S/C60H48N2O2/c1-35(2)39-19-27-43(28-20-39)61(53-17-9-15-47-45-13-7-11-37(5)57(45)63-59(47)53)51-33-25-41-24-32-50-52(34-26-42-23-31-49(51)55(41)56(42)50)62(44-29-21-40(22-30-44)36(3)4)54-18-10-16-48-46-14-8-12-38(6)58(46)64-60(48)54/h7-36H,1-6H3. The van der Waals surface area contributed by atoms with Crippen LogP contribution in [0.3, 0.4) is 0 Å². The van der Waals surface area contributed by atoms with Gasteiger partial charge in [0.2, 0.25) is 0 Å². The van der Waals surface area contributed by atoms with Crippen LogP contribution in [0.5, 0.6) is 0 Å². The lowest BCUT2D eigenvalue weighted by molar-refractivity contribution is 0.665. The quantitative estimate of drug-likeness (QED) is 0.143. The molecular weight excluding hydrogens is 781 g/mol. The van der Waals surface area contributed by atoms with E-state index >= 15 is 0 Å². The van der Waals surface area contributed by atoms with E-state index < -0.39 is 0 Å². The maximum atomic E-state index is 6.87. The summed E-state index contributed by atoms with van der Waals surface area (Å²) < 4.78 is 13.7. The first-order valence-electron chi connectivity index (χ1n) is 22.6. The number of anilines is 6. The SMILES string of the molecule is Cc1cccc2c1oc1c(N(c3ccc(C(C)C)cc3)c3ccc4ccc5c(N(c6ccc(C(C)C)cc6)c6cccc7c6oc6c(C)cccc67)ccc6ccc3c4c65)cccc12. The molecule has 0 bridgehead atoms. The van der Waals surface area contributed by atoms with Gasteiger partial charge in [0.1, 0.15) is 11.2 Å². The van der Waals surface area contributed by atoms with E-state index in [1.165, 1.54) is 43.4 Å². The molecule has 0 aliphatic rings. The Morgan fingerprint density at radius 3 is 1.08 bits per heavy atom. The van der Waals surface area contributed by atoms with Gasteiger partial charge in [-0.3, -0.25) is 0 Å². The Hall–Kier alpha value is -7.56. The Morgan fingerprint density at radius 1 is 0.328 bits per heavy atom. The van der Waals surface area contributed by atoms with Gasteiger partial charge in [0.25, 0.3) is 0 Å². The van der Waals surface area contributed by atoms with E-state index in [0.717, 1.165) is 89.1 Å². The summed E-state index contributed by atoms with van der Waals surface area (Å²) in [6.07, 6.45) is 0. The molecule has 0 saturated heterocycles. The molecule has 0 aliphatic heterocycles. The largest absolute Gasteiger partial charge is 0.454 e. The highest BCUT2D eigenvalue weighted by Crippen LogP contribution is 2.50. The van der Waals surface area contributed by atoms with Crippen LogP contribution in [0.2, 0.25) is 0 Å². The average Bonchev–Trinajstić information content (AvgIpc) is 3.91. The van der Waals surface area contributed by atoms with Crippen molar-refractivity contribution in [2.24, 2.45) is 0 Å². The first-order chi connectivity index (χ1) is 31.2. The normalized spacial score (nSPS) is 12.2. The number of para-hydroxylation sites is 4. The molecule has 0 spiro atoms. The third kappa shape index (κ3) is 5.75. The number of nitrogens with zero attached hydrogens (tertiary/aromatic N) is 2. The molecule has 0 fully saturated rings. The number of hydrogen-bond donors (Lipinski definition) is 0. The predicted molar refractivity (Wildman–Crippen MR) is 272 cm³/mol. The Bertz CT molecular complexity index is 3510. The molecule has 0 N–H and O–H groups in total. The zero-order chi connectivity index (χ0) is 43.4. The molecule has 0 radical (unpaired) electrons. The molecule has 10 aromatic carbocycles. The predicted octanol–water partition coefficient (Wildman–Crippen LogP) is 18.2. The first kappa shape index (κ1) is 38.1. The number of hydrogen-bond acceptors (Lipinski definition) is 4. The molecule has 4 heteroatoms. The highest BCUT2D eigenvalue weighted by Gasteiger charge is 2.26. The molecule has 4 nitrogen and oxygen atoms in total. The maximum absolute atomic E-state index is 6.87. The van der Waals surface area contributed by atoms with E-state index in [9.17, 15) is 0 Å². The fourth-order valence-electron chi connectivity index (χ4n) is 10.2. The lowest BCUT2D eigenvalue weighted by atomic mass is 9.91. The number of aryl methyl sites for hydroxylation is 2. The second kappa shape index (κ2) is 14.5. The van der Waals surface area contributed by atoms with Gasteiger partial charge >= 0.3 is 0 Å². The van der Waals surface area contributed by atoms with Crippen LogP contribution in [-0.4, -0.2) is 0 Å². The molecular formula is C60H48N2O2. The molecule has 64 heavy (non-hydrogen) atoms. The Labute approximate surface area is 372 Å². The van der Waals surface area contributed by atoms with E-state index in [-0.39, 0.29) is 0 Å². The zero-order valence-corrected chi connectivity index (χ0v) is 37.0. The van der Waals surface area contributed by atoms with E-state index in [0.29, 0.717) is 11.8 Å². The van der Waals surface area contributed by atoms with Crippen molar-refractivity contribution in [1.82, 2.24) is 0 Å². The first-order valence-corrected chi connectivity index (χ1v) is 22.6. The van der Waals surface area contributed by atoms with Crippen molar-refractivity contribution in [2.45, 2.75) is 53.4 Å². The lowest BCUT2D eigenvalue weighted by Gasteiger charge is -2.29. The van der Waals surface area contributed by atoms with Crippen molar-refractivity contribution in [3.63, 3.8) is 0 Å². The highest BCUT2D eigenvalue weighted by atomic mass is 16.3. The number of fused-ring (bicyclic) bond motifs is 6. The van der Waals surface area contributed by atoms with Gasteiger partial charge in [-0.05, 0) is 118 Å². The Morgan fingerprint density at radius 2 is 0.688 bits per heavy atom. The minimum absolute atomic E-state index is 0.420. The van der Waals surface area contributed by atoms with Crippen LogP contribution in [0.15, 0.2) is 179 Å². The molecule has 0 amide bonds. The smallest absolute Gasteiger partial charge is 0.159 e. The third-order valence-electron chi connectivity index (χ3n) is 13.6. The van der Waals surface area contributed by atoms with E-state index in [4.69, 9.17) is 8.83 Å². The minimum Gasteiger partial charge on any atom is -0.454 e. The molecule has 0 unspecified atom stereocenters. The zero-order valence-electron chi connectivity index (χ0n) is 37.0. The second-order valence-corrected chi connectivity index (χ2v) is 18.2. The lowest BCUT2D eigenvalue weighted by Crippen LogP contribution is -2.12. The summed E-state index contributed by atoms with van der Waals surface area (Å²) in [6, 6.07) is 62.5. The maximum Gasteiger partial charge on any atom is 0.159 e. The molecule has 2 aromatic heterocycles. The summed E-state index contributed by atoms with van der Waals surface area (Å²) in [5.74, 6) is 0.840. The fourth-order valence-corrected chi connectivity index (χ4v) is 10.2. The van der Waals surface area contributed by atoms with Gasteiger partial charge in [0, 0.05) is 43.7 Å². The summed E-state index contributed by atoms with van der Waals surface area (Å²) in [4.78, 5) is 4.81. The van der Waals surface area contributed by atoms with E-state index in [2.05, 4.69) is 221 Å². The van der Waals surface area contributed by atoms with Crippen molar-refractivity contribution < 1.29 is 8.83 Å². The van der Waals surface area contributed by atoms with Gasteiger partial charge in [-0.15, -0.1) is 0 Å². The van der Waals surface area contributed by atoms with Crippen LogP contribution in [-0.2, 0) is 0 Å². The van der Waals surface area contributed by atoms with E-state index in [1.54, 1.807) is 0 Å². The molecule has 0 aliphatic carbocycles. The summed E-state index contributed by atoms with van der Waals surface area (Å²) >= 11 is 0. The third-order valence-corrected chi connectivity index (χ3v) is 13.6. The van der Waals surface area contributed by atoms with Gasteiger partial charge in [-0.2, -0.15) is 0 Å². The van der Waals surface area contributed by atoms with Crippen LogP contribution in [0, 0.1) is 13.8 Å². The van der Waals surface area contributed by atoms with Gasteiger partial charge in [-0.1, -0.05) is 149 Å². The Balaban J connectivity index is 1.13. The van der Waals surface area contributed by atoms with Crippen LogP contribution in [0.25, 0.3) is 76.2 Å². The van der Waals surface area contributed by atoms with Crippen LogP contribution >= 0.6 is 0 Å². The van der Waals surface area contributed by atoms with Crippen molar-refractivity contribution in [1.29, 1.82) is 0 Å². The van der Waals surface area contributed by atoms with Crippen molar-refractivity contribution >= 4 is 110 Å². The summed E-state index contributed by atoms with van der Waals surface area (Å²) in [5, 5.41) is 11.7. The molecule has 0 atom stereocenters. The van der Waals surface area contributed by atoms with Crippen LogP contribution in [0.4, 0.5) is 34.1 Å². The molecule has 12 aromatic rings. The molecule has 0 saturated carbocycles. The number of benzene rings is 10. The van der Waals surface area contributed by atoms with E-state index in [1.807, 2.05) is 0 Å². The van der Waals surface area contributed by atoms with Gasteiger partial charge in [0.15, 0.2) is 11.2 Å². The summed E-state index contributed by atoms with van der Waals surface area (Å²) in [6.45, 7) is 13.3. The molecule has 12 rings (SSSR count). The van der Waals surface area contributed by atoms with Gasteiger partial charge < -0.3 is 18.6 Å². The number of furan rings is 2. The number of rotatable bonds is 8.